The Hall–Kier alpha value is -0.610. The van der Waals surface area contributed by atoms with Gasteiger partial charge in [-0.3, -0.25) is 4.79 Å². The molecule has 1 saturated heterocycles. The summed E-state index contributed by atoms with van der Waals surface area (Å²) >= 11 is 0. The molecule has 1 rings (SSSR count). The van der Waals surface area contributed by atoms with E-state index in [-0.39, 0.29) is 12.1 Å². The quantitative estimate of drug-likeness (QED) is 0.495. The summed E-state index contributed by atoms with van der Waals surface area (Å²) in [6, 6.07) is 0. The Morgan fingerprint density at radius 3 is 3.00 bits per heavy atom. The molecule has 0 amide bonds. The lowest BCUT2D eigenvalue weighted by Gasteiger charge is -2.27. The lowest BCUT2D eigenvalue weighted by atomic mass is 10.1. The van der Waals surface area contributed by atoms with E-state index in [2.05, 4.69) is 5.32 Å². The van der Waals surface area contributed by atoms with Gasteiger partial charge in [-0.2, -0.15) is 0 Å². The highest BCUT2D eigenvalue weighted by Crippen LogP contribution is 2.07. The number of aliphatic hydroxyl groups is 1. The SMILES string of the molecule is CC(=O)O[C@H]1CCNC[C@@H]1O. The number of ether oxygens (including phenoxy) is 1. The van der Waals surface area contributed by atoms with Crippen LogP contribution in [0.25, 0.3) is 0 Å². The molecule has 11 heavy (non-hydrogen) atoms. The molecule has 1 aliphatic heterocycles. The number of hydrogen-bond donors (Lipinski definition) is 2. The third-order valence-corrected chi connectivity index (χ3v) is 1.71. The number of piperidine rings is 1. The first kappa shape index (κ1) is 8.49. The van der Waals surface area contributed by atoms with Gasteiger partial charge in [-0.15, -0.1) is 0 Å². The van der Waals surface area contributed by atoms with E-state index in [1.165, 1.54) is 6.92 Å². The fourth-order valence-electron chi connectivity index (χ4n) is 1.17. The Balaban J connectivity index is 2.35. The lowest BCUT2D eigenvalue weighted by Crippen LogP contribution is -2.45. The Morgan fingerprint density at radius 2 is 2.45 bits per heavy atom. The van der Waals surface area contributed by atoms with Crippen LogP contribution >= 0.6 is 0 Å². The predicted molar refractivity (Wildman–Crippen MR) is 39.0 cm³/mol. The highest BCUT2D eigenvalue weighted by atomic mass is 16.6. The minimum atomic E-state index is -0.548. The van der Waals surface area contributed by atoms with Crippen LogP contribution in [-0.4, -0.2) is 36.4 Å². The van der Waals surface area contributed by atoms with Gasteiger partial charge in [0.25, 0.3) is 0 Å². The Kier molecular flexibility index (Phi) is 2.84. The highest BCUT2D eigenvalue weighted by molar-refractivity contribution is 5.66. The van der Waals surface area contributed by atoms with Crippen LogP contribution in [0.4, 0.5) is 0 Å². The third kappa shape index (κ3) is 2.48. The number of β-amino-alcohol motifs (C(OH)–C–C–N with tert-alkyl or cyclic N) is 1. The summed E-state index contributed by atoms with van der Waals surface area (Å²) in [5.41, 5.74) is 0. The molecule has 64 valence electrons. The van der Waals surface area contributed by atoms with Crippen molar-refractivity contribution in [3.63, 3.8) is 0 Å². The van der Waals surface area contributed by atoms with Crippen molar-refractivity contribution in [1.82, 2.24) is 5.32 Å². The Morgan fingerprint density at radius 1 is 1.73 bits per heavy atom. The van der Waals surface area contributed by atoms with Gasteiger partial charge in [-0.1, -0.05) is 0 Å². The van der Waals surface area contributed by atoms with Crippen LogP contribution in [0.5, 0.6) is 0 Å². The summed E-state index contributed by atoms with van der Waals surface area (Å²) in [5.74, 6) is -0.323. The number of nitrogens with one attached hydrogen (secondary N) is 1. The maximum Gasteiger partial charge on any atom is 0.302 e. The van der Waals surface area contributed by atoms with E-state index in [1.807, 2.05) is 0 Å². The first-order valence-electron chi connectivity index (χ1n) is 3.76. The van der Waals surface area contributed by atoms with Crippen LogP contribution < -0.4 is 5.32 Å². The predicted octanol–water partition coefficient (Wildman–Crippen LogP) is -0.728. The molecule has 0 bridgehead atoms. The van der Waals surface area contributed by atoms with Crippen molar-refractivity contribution in [2.45, 2.75) is 25.6 Å². The zero-order chi connectivity index (χ0) is 8.27. The fourth-order valence-corrected chi connectivity index (χ4v) is 1.17. The molecule has 0 unspecified atom stereocenters. The summed E-state index contributed by atoms with van der Waals surface area (Å²) in [7, 11) is 0. The number of esters is 1. The number of aliphatic hydroxyl groups excluding tert-OH is 1. The van der Waals surface area contributed by atoms with Gasteiger partial charge in [0.05, 0.1) is 0 Å². The van der Waals surface area contributed by atoms with Crippen LogP contribution in [0.2, 0.25) is 0 Å². The standard InChI is InChI=1S/C7H13NO3/c1-5(9)11-7-2-3-8-4-6(7)10/h6-8,10H,2-4H2,1H3/t6-,7-/m0/s1. The molecular formula is C7H13NO3. The summed E-state index contributed by atoms with van der Waals surface area (Å²) in [5, 5.41) is 12.3. The molecule has 4 nitrogen and oxygen atoms in total. The van der Waals surface area contributed by atoms with Gasteiger partial charge in [0.2, 0.25) is 0 Å². The topological polar surface area (TPSA) is 58.6 Å². The number of hydrogen-bond acceptors (Lipinski definition) is 4. The molecule has 0 aliphatic carbocycles. The second kappa shape index (κ2) is 3.69. The molecule has 2 N–H and O–H groups in total. The second-order valence-corrected chi connectivity index (χ2v) is 2.71. The number of rotatable bonds is 1. The fraction of sp³-hybridized carbons (Fsp3) is 0.857. The minimum absolute atomic E-state index is 0.311. The van der Waals surface area contributed by atoms with Crippen molar-refractivity contribution in [3.05, 3.63) is 0 Å². The highest BCUT2D eigenvalue weighted by Gasteiger charge is 2.24. The van der Waals surface area contributed by atoms with Gasteiger partial charge in [-0.05, 0) is 13.0 Å². The minimum Gasteiger partial charge on any atom is -0.460 e. The van der Waals surface area contributed by atoms with Crippen molar-refractivity contribution in [2.75, 3.05) is 13.1 Å². The molecule has 0 aromatic heterocycles. The molecule has 0 radical (unpaired) electrons. The molecule has 1 heterocycles. The van der Waals surface area contributed by atoms with Crippen LogP contribution in [0.3, 0.4) is 0 Å². The average molecular weight is 159 g/mol. The average Bonchev–Trinajstić information content (AvgIpc) is 1.93. The Bertz CT molecular complexity index is 149. The molecule has 1 aliphatic rings. The number of carbonyl (C=O) groups excluding carboxylic acids is 1. The zero-order valence-electron chi connectivity index (χ0n) is 6.54. The number of carbonyl (C=O) groups is 1. The van der Waals surface area contributed by atoms with Crippen molar-refractivity contribution in [3.8, 4) is 0 Å². The molecule has 0 aromatic carbocycles. The van der Waals surface area contributed by atoms with Gasteiger partial charge in [-0.25, -0.2) is 0 Å². The van der Waals surface area contributed by atoms with E-state index in [1.54, 1.807) is 0 Å². The summed E-state index contributed by atoms with van der Waals surface area (Å²) < 4.78 is 4.87. The van der Waals surface area contributed by atoms with Crippen LogP contribution in [-0.2, 0) is 9.53 Å². The maximum atomic E-state index is 10.5. The molecule has 0 spiro atoms. The van der Waals surface area contributed by atoms with E-state index >= 15 is 0 Å². The van der Waals surface area contributed by atoms with Crippen molar-refractivity contribution in [2.24, 2.45) is 0 Å². The van der Waals surface area contributed by atoms with Crippen LogP contribution in [0.15, 0.2) is 0 Å². The summed E-state index contributed by atoms with van der Waals surface area (Å²) in [6.07, 6.45) is -0.165. The molecule has 1 fully saturated rings. The zero-order valence-corrected chi connectivity index (χ0v) is 6.54. The van der Waals surface area contributed by atoms with Crippen LogP contribution in [0.1, 0.15) is 13.3 Å². The van der Waals surface area contributed by atoms with Gasteiger partial charge in [0.1, 0.15) is 12.2 Å². The third-order valence-electron chi connectivity index (χ3n) is 1.71. The van der Waals surface area contributed by atoms with E-state index in [0.29, 0.717) is 13.0 Å². The van der Waals surface area contributed by atoms with Crippen LogP contribution in [0, 0.1) is 0 Å². The monoisotopic (exact) mass is 159 g/mol. The smallest absolute Gasteiger partial charge is 0.302 e. The van der Waals surface area contributed by atoms with Crippen molar-refractivity contribution < 1.29 is 14.6 Å². The maximum absolute atomic E-state index is 10.5. The second-order valence-electron chi connectivity index (χ2n) is 2.71. The van der Waals surface area contributed by atoms with E-state index in [9.17, 15) is 9.90 Å². The van der Waals surface area contributed by atoms with Gasteiger partial charge >= 0.3 is 5.97 Å². The first-order valence-corrected chi connectivity index (χ1v) is 3.76. The molecule has 0 saturated carbocycles. The Labute approximate surface area is 65.5 Å². The van der Waals surface area contributed by atoms with Gasteiger partial charge < -0.3 is 15.2 Å². The summed E-state index contributed by atoms with van der Waals surface area (Å²) in [6.45, 7) is 2.67. The summed E-state index contributed by atoms with van der Waals surface area (Å²) in [4.78, 5) is 10.5. The lowest BCUT2D eigenvalue weighted by molar-refractivity contribution is -0.153. The molecular weight excluding hydrogens is 146 g/mol. The molecule has 4 heteroatoms. The van der Waals surface area contributed by atoms with Gasteiger partial charge in [0, 0.05) is 13.5 Å². The normalized spacial score (nSPS) is 31.5. The molecule has 0 aromatic rings. The van der Waals surface area contributed by atoms with E-state index in [0.717, 1.165) is 6.54 Å². The van der Waals surface area contributed by atoms with Gasteiger partial charge in [0.15, 0.2) is 0 Å². The van der Waals surface area contributed by atoms with E-state index in [4.69, 9.17) is 4.74 Å². The largest absolute Gasteiger partial charge is 0.460 e. The van der Waals surface area contributed by atoms with E-state index < -0.39 is 6.10 Å². The van der Waals surface area contributed by atoms with Crippen molar-refractivity contribution in [1.29, 1.82) is 0 Å². The first-order chi connectivity index (χ1) is 5.20. The van der Waals surface area contributed by atoms with Crippen molar-refractivity contribution >= 4 is 5.97 Å². The molecule has 2 atom stereocenters.